The largest absolute Gasteiger partial charge is 0.507 e. The van der Waals surface area contributed by atoms with Gasteiger partial charge in [-0.25, -0.2) is 9.37 Å². The van der Waals surface area contributed by atoms with Crippen LogP contribution in [0.4, 0.5) is 4.39 Å². The van der Waals surface area contributed by atoms with Gasteiger partial charge in [-0.1, -0.05) is 18.2 Å². The van der Waals surface area contributed by atoms with Crippen molar-refractivity contribution in [3.63, 3.8) is 0 Å². The van der Waals surface area contributed by atoms with Gasteiger partial charge in [0.1, 0.15) is 17.4 Å². The van der Waals surface area contributed by atoms with Gasteiger partial charge >= 0.3 is 0 Å². The Hall–Kier alpha value is -3.54. The van der Waals surface area contributed by atoms with Crippen molar-refractivity contribution < 1.29 is 9.50 Å². The van der Waals surface area contributed by atoms with Crippen LogP contribution < -0.4 is 5.56 Å². The summed E-state index contributed by atoms with van der Waals surface area (Å²) < 4.78 is 15.1. The maximum absolute atomic E-state index is 13.7. The maximum Gasteiger partial charge on any atom is 0.261 e. The second kappa shape index (κ2) is 6.99. The van der Waals surface area contributed by atoms with E-state index >= 15 is 0 Å². The Morgan fingerprint density at radius 3 is 2.70 bits per heavy atom. The van der Waals surface area contributed by atoms with Crippen molar-refractivity contribution in [2.24, 2.45) is 0 Å². The number of hydrogen-bond donors (Lipinski definition) is 1. The molecule has 0 aliphatic rings. The number of nitrogens with zero attached hydrogens (tertiary/aromatic N) is 3. The average molecular weight is 361 g/mol. The van der Waals surface area contributed by atoms with Gasteiger partial charge in [0.05, 0.1) is 16.5 Å². The van der Waals surface area contributed by atoms with Crippen molar-refractivity contribution in [3.8, 4) is 17.1 Å². The van der Waals surface area contributed by atoms with Crippen LogP contribution >= 0.6 is 0 Å². The fourth-order valence-corrected chi connectivity index (χ4v) is 3.06. The number of aryl methyl sites for hydroxylation is 1. The monoisotopic (exact) mass is 361 g/mol. The van der Waals surface area contributed by atoms with E-state index in [1.807, 2.05) is 12.1 Å². The SMILES string of the molecule is O=c1c2cc(F)ccc2nc(-c2ccccc2O)n1CCc1cccnc1. The van der Waals surface area contributed by atoms with E-state index in [0.717, 1.165) is 5.56 Å². The van der Waals surface area contributed by atoms with Crippen molar-refractivity contribution in [2.45, 2.75) is 13.0 Å². The number of pyridine rings is 1. The van der Waals surface area contributed by atoms with Gasteiger partial charge in [0.25, 0.3) is 5.56 Å². The van der Waals surface area contributed by atoms with Crippen molar-refractivity contribution in [3.05, 3.63) is 88.7 Å². The van der Waals surface area contributed by atoms with Crippen LogP contribution in [0.5, 0.6) is 5.75 Å². The number of fused-ring (bicyclic) bond motifs is 1. The molecule has 4 rings (SSSR count). The summed E-state index contributed by atoms with van der Waals surface area (Å²) in [5, 5.41) is 10.5. The van der Waals surface area contributed by atoms with Crippen LogP contribution in [0.25, 0.3) is 22.3 Å². The van der Waals surface area contributed by atoms with Gasteiger partial charge in [0, 0.05) is 18.9 Å². The molecule has 0 bridgehead atoms. The van der Waals surface area contributed by atoms with Gasteiger partial charge in [0.2, 0.25) is 0 Å². The summed E-state index contributed by atoms with van der Waals surface area (Å²) in [4.78, 5) is 21.7. The number of halogens is 1. The molecular weight excluding hydrogens is 345 g/mol. The molecule has 0 aliphatic heterocycles. The third-order valence-electron chi connectivity index (χ3n) is 4.41. The predicted molar refractivity (Wildman–Crippen MR) is 101 cm³/mol. The molecule has 1 N–H and O–H groups in total. The Kier molecular flexibility index (Phi) is 4.38. The molecule has 6 heteroatoms. The first-order valence-electron chi connectivity index (χ1n) is 8.51. The number of aromatic hydroxyl groups is 1. The molecule has 5 nitrogen and oxygen atoms in total. The number of phenols is 1. The zero-order chi connectivity index (χ0) is 18.8. The lowest BCUT2D eigenvalue weighted by atomic mass is 10.1. The highest BCUT2D eigenvalue weighted by atomic mass is 19.1. The lowest BCUT2D eigenvalue weighted by molar-refractivity contribution is 0.476. The van der Waals surface area contributed by atoms with E-state index < -0.39 is 5.82 Å². The standard InChI is InChI=1S/C21H16FN3O2/c22-15-7-8-18-17(12-15)21(27)25(11-9-14-4-3-10-23-13-14)20(24-18)16-5-1-2-6-19(16)26/h1-8,10,12-13,26H,9,11H2. The van der Waals surface area contributed by atoms with Crippen molar-refractivity contribution in [2.75, 3.05) is 0 Å². The first-order chi connectivity index (χ1) is 13.1. The zero-order valence-electron chi connectivity index (χ0n) is 14.3. The highest BCUT2D eigenvalue weighted by Gasteiger charge is 2.16. The summed E-state index contributed by atoms with van der Waals surface area (Å²) in [5.41, 5.74) is 1.46. The summed E-state index contributed by atoms with van der Waals surface area (Å²) >= 11 is 0. The number of benzene rings is 2. The van der Waals surface area contributed by atoms with Gasteiger partial charge in [-0.15, -0.1) is 0 Å². The molecule has 0 radical (unpaired) electrons. The molecule has 2 heterocycles. The van der Waals surface area contributed by atoms with Crippen molar-refractivity contribution in [1.29, 1.82) is 0 Å². The van der Waals surface area contributed by atoms with Gasteiger partial charge < -0.3 is 5.11 Å². The minimum Gasteiger partial charge on any atom is -0.507 e. The molecule has 2 aromatic carbocycles. The number of para-hydroxylation sites is 1. The van der Waals surface area contributed by atoms with E-state index in [2.05, 4.69) is 9.97 Å². The van der Waals surface area contributed by atoms with E-state index in [9.17, 15) is 14.3 Å². The average Bonchev–Trinajstić information content (AvgIpc) is 2.69. The fraction of sp³-hybridized carbons (Fsp3) is 0.0952. The normalized spacial score (nSPS) is 11.0. The molecule has 0 unspecified atom stereocenters. The fourth-order valence-electron chi connectivity index (χ4n) is 3.06. The maximum atomic E-state index is 13.7. The predicted octanol–water partition coefficient (Wildman–Crippen LogP) is 3.55. The molecule has 0 saturated heterocycles. The van der Waals surface area contributed by atoms with E-state index in [0.29, 0.717) is 29.9 Å². The Morgan fingerprint density at radius 1 is 1.07 bits per heavy atom. The molecule has 4 aromatic rings. The summed E-state index contributed by atoms with van der Waals surface area (Å²) in [6.07, 6.45) is 3.97. The summed E-state index contributed by atoms with van der Waals surface area (Å²) in [6, 6.07) is 14.4. The van der Waals surface area contributed by atoms with Gasteiger partial charge in [-0.2, -0.15) is 0 Å². The number of aromatic nitrogens is 3. The first-order valence-corrected chi connectivity index (χ1v) is 8.51. The minimum atomic E-state index is -0.490. The highest BCUT2D eigenvalue weighted by Crippen LogP contribution is 2.27. The van der Waals surface area contributed by atoms with Gasteiger partial charge in [-0.3, -0.25) is 14.3 Å². The topological polar surface area (TPSA) is 68.0 Å². The Morgan fingerprint density at radius 2 is 1.93 bits per heavy atom. The van der Waals surface area contributed by atoms with Crippen LogP contribution in [0.1, 0.15) is 5.56 Å². The molecule has 0 amide bonds. The minimum absolute atomic E-state index is 0.0287. The second-order valence-corrected chi connectivity index (χ2v) is 6.18. The smallest absolute Gasteiger partial charge is 0.261 e. The molecule has 27 heavy (non-hydrogen) atoms. The molecule has 0 fully saturated rings. The third kappa shape index (κ3) is 3.29. The van der Waals surface area contributed by atoms with Crippen LogP contribution in [0.15, 0.2) is 71.8 Å². The highest BCUT2D eigenvalue weighted by molar-refractivity contribution is 5.80. The Labute approximate surface area is 154 Å². The van der Waals surface area contributed by atoms with Crippen LogP contribution in [0.3, 0.4) is 0 Å². The summed E-state index contributed by atoms with van der Waals surface area (Å²) in [5.74, 6) is -0.113. The quantitative estimate of drug-likeness (QED) is 0.604. The molecular formula is C21H16FN3O2. The van der Waals surface area contributed by atoms with E-state index in [1.165, 1.54) is 22.8 Å². The zero-order valence-corrected chi connectivity index (χ0v) is 14.3. The Bertz CT molecular complexity index is 1170. The van der Waals surface area contributed by atoms with Crippen molar-refractivity contribution >= 4 is 10.9 Å². The molecule has 0 saturated carbocycles. The molecule has 0 atom stereocenters. The van der Waals surface area contributed by atoms with Gasteiger partial charge in [0.15, 0.2) is 0 Å². The first kappa shape index (κ1) is 16.9. The number of hydrogen-bond acceptors (Lipinski definition) is 4. The van der Waals surface area contributed by atoms with E-state index in [4.69, 9.17) is 0 Å². The van der Waals surface area contributed by atoms with Gasteiger partial charge in [-0.05, 0) is 48.4 Å². The van der Waals surface area contributed by atoms with Crippen LogP contribution in [0, 0.1) is 5.82 Å². The summed E-state index contributed by atoms with van der Waals surface area (Å²) in [6.45, 7) is 0.327. The van der Waals surface area contributed by atoms with Crippen LogP contribution in [-0.4, -0.2) is 19.6 Å². The molecule has 0 aliphatic carbocycles. The second-order valence-electron chi connectivity index (χ2n) is 6.18. The van der Waals surface area contributed by atoms with E-state index in [1.54, 1.807) is 36.7 Å². The molecule has 134 valence electrons. The lowest BCUT2D eigenvalue weighted by Crippen LogP contribution is -2.24. The Balaban J connectivity index is 1.90. The van der Waals surface area contributed by atoms with Crippen LogP contribution in [-0.2, 0) is 13.0 Å². The molecule has 0 spiro atoms. The molecule has 2 aromatic heterocycles. The number of phenolic OH excluding ortho intramolecular Hbond substituents is 1. The van der Waals surface area contributed by atoms with Crippen LogP contribution in [0.2, 0.25) is 0 Å². The van der Waals surface area contributed by atoms with Crippen molar-refractivity contribution in [1.82, 2.24) is 14.5 Å². The summed E-state index contributed by atoms with van der Waals surface area (Å²) in [7, 11) is 0. The van der Waals surface area contributed by atoms with E-state index in [-0.39, 0.29) is 16.7 Å². The number of rotatable bonds is 4. The third-order valence-corrected chi connectivity index (χ3v) is 4.41. The lowest BCUT2D eigenvalue weighted by Gasteiger charge is -2.14.